The standard InChI is InChI=1S/C28H27BrFN3O3/c1-4-18(3)27-32-24-12-9-21(29)15-23(24)28(34)33(27)31-16-20-8-13-25(26(14-20)35-5-2)36-17-19-6-10-22(30)11-7-19/h6-16,18H,4-5,17H2,1-3H3/t18-/m1/s1. The molecule has 0 bridgehead atoms. The monoisotopic (exact) mass is 551 g/mol. The third-order valence-electron chi connectivity index (χ3n) is 5.78. The first-order valence-corrected chi connectivity index (χ1v) is 12.6. The molecule has 0 aliphatic rings. The van der Waals surface area contributed by atoms with Gasteiger partial charge in [0.05, 0.1) is 23.7 Å². The zero-order valence-corrected chi connectivity index (χ0v) is 22.0. The molecule has 0 aliphatic heterocycles. The van der Waals surface area contributed by atoms with Crippen LogP contribution in [0.3, 0.4) is 0 Å². The van der Waals surface area contributed by atoms with Crippen molar-refractivity contribution in [1.29, 1.82) is 0 Å². The maximum Gasteiger partial charge on any atom is 0.282 e. The van der Waals surface area contributed by atoms with Gasteiger partial charge < -0.3 is 9.47 Å². The molecule has 0 radical (unpaired) electrons. The van der Waals surface area contributed by atoms with E-state index in [9.17, 15) is 9.18 Å². The molecule has 0 N–H and O–H groups in total. The van der Waals surface area contributed by atoms with Crippen LogP contribution in [0.1, 0.15) is 50.1 Å². The minimum atomic E-state index is -0.290. The molecule has 1 heterocycles. The maximum atomic E-state index is 13.3. The molecular formula is C28H27BrFN3O3. The molecule has 1 aromatic heterocycles. The summed E-state index contributed by atoms with van der Waals surface area (Å²) in [6, 6.07) is 17.1. The molecule has 0 amide bonds. The molecule has 0 aliphatic carbocycles. The highest BCUT2D eigenvalue weighted by Gasteiger charge is 2.16. The number of halogens is 2. The summed E-state index contributed by atoms with van der Waals surface area (Å²) in [6.45, 7) is 6.70. The molecule has 0 spiro atoms. The third kappa shape index (κ3) is 5.82. The summed E-state index contributed by atoms with van der Waals surface area (Å²) >= 11 is 3.43. The first-order chi connectivity index (χ1) is 17.4. The fourth-order valence-electron chi connectivity index (χ4n) is 3.64. The Hall–Kier alpha value is -3.52. The van der Waals surface area contributed by atoms with E-state index in [4.69, 9.17) is 14.5 Å². The van der Waals surface area contributed by atoms with E-state index in [1.165, 1.54) is 16.8 Å². The van der Waals surface area contributed by atoms with E-state index in [-0.39, 0.29) is 23.9 Å². The van der Waals surface area contributed by atoms with E-state index in [0.29, 0.717) is 34.8 Å². The van der Waals surface area contributed by atoms with Gasteiger partial charge >= 0.3 is 0 Å². The largest absolute Gasteiger partial charge is 0.490 e. The van der Waals surface area contributed by atoms with Crippen LogP contribution < -0.4 is 15.0 Å². The summed E-state index contributed by atoms with van der Waals surface area (Å²) in [5, 5.41) is 5.02. The molecule has 4 rings (SSSR count). The van der Waals surface area contributed by atoms with E-state index in [1.54, 1.807) is 30.5 Å². The van der Waals surface area contributed by atoms with Crippen molar-refractivity contribution in [2.24, 2.45) is 5.10 Å². The van der Waals surface area contributed by atoms with Gasteiger partial charge in [0.1, 0.15) is 18.2 Å². The summed E-state index contributed by atoms with van der Waals surface area (Å²) in [6.07, 6.45) is 2.43. The predicted octanol–water partition coefficient (Wildman–Crippen LogP) is 6.67. The highest BCUT2D eigenvalue weighted by Crippen LogP contribution is 2.29. The fourth-order valence-corrected chi connectivity index (χ4v) is 4.00. The van der Waals surface area contributed by atoms with Gasteiger partial charge in [0.15, 0.2) is 11.5 Å². The minimum Gasteiger partial charge on any atom is -0.490 e. The van der Waals surface area contributed by atoms with Crippen molar-refractivity contribution >= 4 is 33.0 Å². The first-order valence-electron chi connectivity index (χ1n) is 11.8. The van der Waals surface area contributed by atoms with Gasteiger partial charge in [0.25, 0.3) is 5.56 Å². The van der Waals surface area contributed by atoms with Gasteiger partial charge in [-0.05, 0) is 73.0 Å². The number of hydrogen-bond acceptors (Lipinski definition) is 5. The topological polar surface area (TPSA) is 65.7 Å². The van der Waals surface area contributed by atoms with Gasteiger partial charge in [0, 0.05) is 10.4 Å². The zero-order valence-electron chi connectivity index (χ0n) is 20.4. The summed E-state index contributed by atoms with van der Waals surface area (Å²) in [5.74, 6) is 1.48. The number of fused-ring (bicyclic) bond motifs is 1. The summed E-state index contributed by atoms with van der Waals surface area (Å²) in [7, 11) is 0. The van der Waals surface area contributed by atoms with E-state index in [0.717, 1.165) is 22.0 Å². The minimum absolute atomic E-state index is 0.0455. The van der Waals surface area contributed by atoms with Crippen LogP contribution in [-0.2, 0) is 6.61 Å². The van der Waals surface area contributed by atoms with Crippen LogP contribution in [-0.4, -0.2) is 22.5 Å². The van der Waals surface area contributed by atoms with Gasteiger partial charge in [-0.25, -0.2) is 9.37 Å². The Morgan fingerprint density at radius 3 is 2.56 bits per heavy atom. The zero-order chi connectivity index (χ0) is 25.7. The lowest BCUT2D eigenvalue weighted by Gasteiger charge is -2.14. The second-order valence-corrected chi connectivity index (χ2v) is 9.27. The molecule has 1 atom stereocenters. The average Bonchev–Trinajstić information content (AvgIpc) is 2.88. The summed E-state index contributed by atoms with van der Waals surface area (Å²) in [5.41, 5.74) is 2.00. The van der Waals surface area contributed by atoms with Crippen LogP contribution in [0.2, 0.25) is 0 Å². The van der Waals surface area contributed by atoms with Crippen molar-refractivity contribution in [3.8, 4) is 11.5 Å². The molecule has 3 aromatic carbocycles. The number of benzene rings is 3. The van der Waals surface area contributed by atoms with E-state index < -0.39 is 0 Å². The van der Waals surface area contributed by atoms with Gasteiger partial charge in [0.2, 0.25) is 0 Å². The van der Waals surface area contributed by atoms with Crippen molar-refractivity contribution < 1.29 is 13.9 Å². The highest BCUT2D eigenvalue weighted by atomic mass is 79.9. The molecule has 36 heavy (non-hydrogen) atoms. The Labute approximate surface area is 217 Å². The van der Waals surface area contributed by atoms with Gasteiger partial charge in [-0.1, -0.05) is 41.9 Å². The fraction of sp³-hybridized carbons (Fsp3) is 0.250. The van der Waals surface area contributed by atoms with Crippen LogP contribution in [0.15, 0.2) is 75.0 Å². The van der Waals surface area contributed by atoms with Crippen LogP contribution in [0.25, 0.3) is 10.9 Å². The van der Waals surface area contributed by atoms with Gasteiger partial charge in [-0.15, -0.1) is 0 Å². The Kier molecular flexibility index (Phi) is 8.15. The maximum absolute atomic E-state index is 13.3. The molecule has 0 saturated carbocycles. The second kappa shape index (κ2) is 11.5. The Bertz CT molecular complexity index is 1450. The number of hydrogen-bond donors (Lipinski definition) is 0. The lowest BCUT2D eigenvalue weighted by atomic mass is 10.1. The quantitative estimate of drug-likeness (QED) is 0.218. The van der Waals surface area contributed by atoms with E-state index >= 15 is 0 Å². The second-order valence-electron chi connectivity index (χ2n) is 8.36. The van der Waals surface area contributed by atoms with Crippen molar-refractivity contribution in [3.05, 3.63) is 98.3 Å². The van der Waals surface area contributed by atoms with Crippen LogP contribution in [0, 0.1) is 5.82 Å². The Balaban J connectivity index is 1.66. The first kappa shape index (κ1) is 25.6. The lowest BCUT2D eigenvalue weighted by Crippen LogP contribution is -2.23. The molecular weight excluding hydrogens is 525 g/mol. The van der Waals surface area contributed by atoms with Gasteiger partial charge in [-0.2, -0.15) is 9.78 Å². The van der Waals surface area contributed by atoms with Crippen LogP contribution in [0.4, 0.5) is 4.39 Å². The van der Waals surface area contributed by atoms with Crippen molar-refractivity contribution in [3.63, 3.8) is 0 Å². The van der Waals surface area contributed by atoms with Crippen molar-refractivity contribution in [2.75, 3.05) is 6.61 Å². The summed E-state index contributed by atoms with van der Waals surface area (Å²) < 4.78 is 27.0. The molecule has 0 saturated heterocycles. The number of rotatable bonds is 9. The molecule has 186 valence electrons. The van der Waals surface area contributed by atoms with E-state index in [1.807, 2.05) is 38.1 Å². The van der Waals surface area contributed by atoms with Crippen LogP contribution in [0.5, 0.6) is 11.5 Å². The van der Waals surface area contributed by atoms with Crippen LogP contribution >= 0.6 is 15.9 Å². The number of aromatic nitrogens is 2. The Morgan fingerprint density at radius 2 is 1.83 bits per heavy atom. The normalized spacial score (nSPS) is 12.2. The molecule has 6 nitrogen and oxygen atoms in total. The van der Waals surface area contributed by atoms with E-state index in [2.05, 4.69) is 28.0 Å². The Morgan fingerprint density at radius 1 is 1.06 bits per heavy atom. The molecule has 8 heteroatoms. The van der Waals surface area contributed by atoms with Crippen molar-refractivity contribution in [1.82, 2.24) is 9.66 Å². The average molecular weight is 552 g/mol. The highest BCUT2D eigenvalue weighted by molar-refractivity contribution is 9.10. The summed E-state index contributed by atoms with van der Waals surface area (Å²) in [4.78, 5) is 18.1. The van der Waals surface area contributed by atoms with Gasteiger partial charge in [-0.3, -0.25) is 4.79 Å². The number of nitrogens with zero attached hydrogens (tertiary/aromatic N) is 3. The lowest BCUT2D eigenvalue weighted by molar-refractivity contribution is 0.269. The molecule has 0 fully saturated rings. The molecule has 4 aromatic rings. The van der Waals surface area contributed by atoms with Crippen molar-refractivity contribution in [2.45, 2.75) is 39.7 Å². The smallest absolute Gasteiger partial charge is 0.282 e. The SMILES string of the molecule is CCOc1cc(C=Nn2c([C@H](C)CC)nc3ccc(Br)cc3c2=O)ccc1OCc1ccc(F)cc1. The number of ether oxygens (including phenoxy) is 2. The molecule has 0 unspecified atom stereocenters. The predicted molar refractivity (Wildman–Crippen MR) is 144 cm³/mol. The third-order valence-corrected chi connectivity index (χ3v) is 6.28.